The molecule has 0 spiro atoms. The number of hydrogen-bond acceptors (Lipinski definition) is 8. The van der Waals surface area contributed by atoms with Crippen LogP contribution in [0.2, 0.25) is 0 Å². The fourth-order valence-corrected chi connectivity index (χ4v) is 3.23. The Balaban J connectivity index is 1.52. The lowest BCUT2D eigenvalue weighted by molar-refractivity contribution is 0.687. The lowest BCUT2D eigenvalue weighted by Crippen LogP contribution is -2.03. The Morgan fingerprint density at radius 1 is 1.07 bits per heavy atom. The first-order chi connectivity index (χ1) is 14.7. The van der Waals surface area contributed by atoms with Gasteiger partial charge in [-0.2, -0.15) is 10.2 Å². The van der Waals surface area contributed by atoms with Crippen LogP contribution in [0, 0.1) is 6.92 Å². The number of aryl methyl sites for hydroxylation is 1. The number of nitrogen functional groups attached to an aromatic ring is 1. The fourth-order valence-electron chi connectivity index (χ4n) is 3.23. The number of nitrogens with one attached hydrogen (secondary N) is 1. The van der Waals surface area contributed by atoms with Gasteiger partial charge < -0.3 is 11.1 Å². The van der Waals surface area contributed by atoms with Crippen molar-refractivity contribution < 1.29 is 0 Å². The highest BCUT2D eigenvalue weighted by Crippen LogP contribution is 2.29. The van der Waals surface area contributed by atoms with E-state index in [0.717, 1.165) is 5.56 Å². The molecule has 0 aromatic carbocycles. The Bertz CT molecular complexity index is 1300. The molecule has 0 aliphatic heterocycles. The number of fused-ring (bicyclic) bond motifs is 1. The van der Waals surface area contributed by atoms with E-state index < -0.39 is 0 Å². The second kappa shape index (κ2) is 7.24. The summed E-state index contributed by atoms with van der Waals surface area (Å²) in [5.41, 5.74) is 9.01. The summed E-state index contributed by atoms with van der Waals surface area (Å²) in [6, 6.07) is 11.2. The summed E-state index contributed by atoms with van der Waals surface area (Å²) < 4.78 is 3.55. The van der Waals surface area contributed by atoms with Gasteiger partial charge in [0.1, 0.15) is 17.3 Å². The minimum atomic E-state index is 0.384. The molecule has 3 N–H and O–H groups in total. The molecule has 0 aliphatic rings. The van der Waals surface area contributed by atoms with Crippen LogP contribution in [0.25, 0.3) is 17.0 Å². The van der Waals surface area contributed by atoms with Gasteiger partial charge in [-0.25, -0.2) is 19.5 Å². The summed E-state index contributed by atoms with van der Waals surface area (Å²) >= 11 is 0. The highest BCUT2D eigenvalue weighted by Gasteiger charge is 2.18. The topological polar surface area (TPSA) is 125 Å². The first-order valence-corrected chi connectivity index (χ1v) is 9.30. The Morgan fingerprint density at radius 3 is 2.80 bits per heavy atom. The van der Waals surface area contributed by atoms with Crippen molar-refractivity contribution in [3.63, 3.8) is 0 Å². The third-order valence-electron chi connectivity index (χ3n) is 4.45. The van der Waals surface area contributed by atoms with Crippen molar-refractivity contribution >= 4 is 23.1 Å². The van der Waals surface area contributed by atoms with Gasteiger partial charge >= 0.3 is 0 Å². The van der Waals surface area contributed by atoms with Crippen LogP contribution in [0.15, 0.2) is 61.2 Å². The van der Waals surface area contributed by atoms with E-state index in [4.69, 9.17) is 5.73 Å². The maximum atomic E-state index is 5.95. The second-order valence-corrected chi connectivity index (χ2v) is 6.71. The summed E-state index contributed by atoms with van der Waals surface area (Å²) in [4.78, 5) is 17.5. The second-order valence-electron chi connectivity index (χ2n) is 6.71. The molecule has 0 radical (unpaired) electrons. The highest BCUT2D eigenvalue weighted by atomic mass is 15.3. The SMILES string of the molecule is Cc1nc(N)cc(-c2c(Nc3ccn(Cc4cccnc4)n3)nc3cccnn23)n1. The van der Waals surface area contributed by atoms with Gasteiger partial charge in [0.05, 0.1) is 12.2 Å². The van der Waals surface area contributed by atoms with Crippen molar-refractivity contribution in [3.05, 3.63) is 72.6 Å². The molecule has 5 aromatic rings. The molecule has 10 nitrogen and oxygen atoms in total. The van der Waals surface area contributed by atoms with Crippen molar-refractivity contribution in [2.45, 2.75) is 13.5 Å². The monoisotopic (exact) mass is 398 g/mol. The summed E-state index contributed by atoms with van der Waals surface area (Å²) in [5, 5.41) is 12.3. The fraction of sp³-hybridized carbons (Fsp3) is 0.100. The smallest absolute Gasteiger partial charge is 0.162 e. The molecular weight excluding hydrogens is 380 g/mol. The minimum absolute atomic E-state index is 0.384. The molecule has 0 saturated carbocycles. The van der Waals surface area contributed by atoms with Crippen LogP contribution in [-0.4, -0.2) is 39.3 Å². The van der Waals surface area contributed by atoms with Crippen LogP contribution in [0.5, 0.6) is 0 Å². The average Bonchev–Trinajstić information content (AvgIpc) is 3.32. The molecule has 0 aliphatic carbocycles. The van der Waals surface area contributed by atoms with E-state index in [9.17, 15) is 0 Å². The zero-order valence-electron chi connectivity index (χ0n) is 16.1. The van der Waals surface area contributed by atoms with Gasteiger partial charge in [-0.1, -0.05) is 6.07 Å². The van der Waals surface area contributed by atoms with Crippen molar-refractivity contribution in [2.24, 2.45) is 0 Å². The number of pyridine rings is 1. The van der Waals surface area contributed by atoms with Crippen LogP contribution >= 0.6 is 0 Å². The third kappa shape index (κ3) is 3.41. The number of nitrogens with zero attached hydrogens (tertiary/aromatic N) is 8. The van der Waals surface area contributed by atoms with Crippen molar-refractivity contribution in [1.82, 2.24) is 39.3 Å². The van der Waals surface area contributed by atoms with E-state index in [0.29, 0.717) is 46.9 Å². The molecule has 0 saturated heterocycles. The highest BCUT2D eigenvalue weighted by molar-refractivity contribution is 5.77. The minimum Gasteiger partial charge on any atom is -0.384 e. The number of aromatic nitrogens is 8. The van der Waals surface area contributed by atoms with Crippen LogP contribution in [0.4, 0.5) is 17.5 Å². The number of anilines is 3. The molecule has 0 fully saturated rings. The van der Waals surface area contributed by atoms with Crippen LogP contribution in [0.1, 0.15) is 11.4 Å². The number of imidazole rings is 1. The van der Waals surface area contributed by atoms with Crippen molar-refractivity contribution in [3.8, 4) is 11.4 Å². The number of nitrogens with two attached hydrogens (primary N) is 1. The summed E-state index contributed by atoms with van der Waals surface area (Å²) in [7, 11) is 0. The quantitative estimate of drug-likeness (QED) is 0.462. The van der Waals surface area contributed by atoms with Crippen molar-refractivity contribution in [2.75, 3.05) is 11.1 Å². The van der Waals surface area contributed by atoms with E-state index in [2.05, 4.69) is 35.5 Å². The van der Waals surface area contributed by atoms with E-state index in [-0.39, 0.29) is 0 Å². The standard InChI is InChI=1S/C20H18N10/c1-13-24-15(10-16(21)25-13)19-20(27-18-5-3-8-23-30(18)19)26-17-6-9-29(28-17)12-14-4-2-7-22-11-14/h2-11H,12H2,1H3,(H,26,28)(H2,21,24,25). The number of hydrogen-bond donors (Lipinski definition) is 2. The molecule has 5 aromatic heterocycles. The van der Waals surface area contributed by atoms with Crippen LogP contribution in [0.3, 0.4) is 0 Å². The Kier molecular flexibility index (Phi) is 4.28. The van der Waals surface area contributed by atoms with Crippen LogP contribution < -0.4 is 11.1 Å². The molecule has 0 atom stereocenters. The van der Waals surface area contributed by atoms with Gasteiger partial charge in [0.25, 0.3) is 0 Å². The average molecular weight is 398 g/mol. The Hall–Kier alpha value is -4.34. The molecule has 30 heavy (non-hydrogen) atoms. The predicted molar refractivity (Wildman–Crippen MR) is 112 cm³/mol. The largest absolute Gasteiger partial charge is 0.384 e. The van der Waals surface area contributed by atoms with Gasteiger partial charge in [0.2, 0.25) is 0 Å². The first-order valence-electron chi connectivity index (χ1n) is 9.30. The van der Waals surface area contributed by atoms with Crippen LogP contribution in [-0.2, 0) is 6.54 Å². The van der Waals surface area contributed by atoms with E-state index in [1.807, 2.05) is 47.4 Å². The molecule has 0 bridgehead atoms. The summed E-state index contributed by atoms with van der Waals surface area (Å²) in [5.74, 6) is 2.19. The zero-order valence-corrected chi connectivity index (χ0v) is 16.1. The lowest BCUT2D eigenvalue weighted by Gasteiger charge is -2.06. The van der Waals surface area contributed by atoms with Crippen molar-refractivity contribution in [1.29, 1.82) is 0 Å². The van der Waals surface area contributed by atoms with E-state index in [1.54, 1.807) is 29.9 Å². The maximum Gasteiger partial charge on any atom is 0.162 e. The first kappa shape index (κ1) is 17.7. The van der Waals surface area contributed by atoms with Gasteiger partial charge in [0, 0.05) is 36.9 Å². The molecule has 10 heteroatoms. The third-order valence-corrected chi connectivity index (χ3v) is 4.45. The van der Waals surface area contributed by atoms with Gasteiger partial charge in [0.15, 0.2) is 17.3 Å². The zero-order chi connectivity index (χ0) is 20.5. The van der Waals surface area contributed by atoms with Gasteiger partial charge in [-0.05, 0) is 30.7 Å². The van der Waals surface area contributed by atoms with Gasteiger partial charge in [-0.3, -0.25) is 9.67 Å². The predicted octanol–water partition coefficient (Wildman–Crippen LogP) is 2.46. The maximum absolute atomic E-state index is 5.95. The normalized spacial score (nSPS) is 11.1. The summed E-state index contributed by atoms with van der Waals surface area (Å²) in [6.45, 7) is 2.42. The summed E-state index contributed by atoms with van der Waals surface area (Å²) in [6.07, 6.45) is 7.17. The number of rotatable bonds is 5. The molecule has 5 rings (SSSR count). The molecule has 148 valence electrons. The van der Waals surface area contributed by atoms with Gasteiger partial charge in [-0.15, -0.1) is 0 Å². The Labute approximate surface area is 171 Å². The molecule has 0 amide bonds. The molecule has 0 unspecified atom stereocenters. The van der Waals surface area contributed by atoms with E-state index >= 15 is 0 Å². The molecule has 5 heterocycles. The molecular formula is C20H18N10. The Morgan fingerprint density at radius 2 is 1.97 bits per heavy atom. The van der Waals surface area contributed by atoms with E-state index in [1.165, 1.54) is 0 Å². The lowest BCUT2D eigenvalue weighted by atomic mass is 10.3.